The van der Waals surface area contributed by atoms with Crippen LogP contribution in [0.2, 0.25) is 0 Å². The molecule has 0 spiro atoms. The lowest BCUT2D eigenvalue weighted by Gasteiger charge is -2.24. The number of thioether (sulfide) groups is 1. The maximum absolute atomic E-state index is 13.4. The molecule has 1 amide bonds. The maximum atomic E-state index is 13.4. The Labute approximate surface area is 229 Å². The number of hydrogen-bond acceptors (Lipinski definition) is 7. The van der Waals surface area contributed by atoms with Crippen molar-refractivity contribution in [3.05, 3.63) is 125 Å². The Bertz CT molecular complexity index is 1500. The molecule has 4 aromatic rings. The van der Waals surface area contributed by atoms with Gasteiger partial charge in [0.25, 0.3) is 5.91 Å². The summed E-state index contributed by atoms with van der Waals surface area (Å²) in [5.41, 5.74) is 3.86. The smallest absolute Gasteiger partial charge is 0.296 e. The Balaban J connectivity index is 1.47. The van der Waals surface area contributed by atoms with Crippen molar-refractivity contribution in [3.63, 3.8) is 0 Å². The molecule has 1 atom stereocenters. The number of aromatic nitrogens is 2. The number of rotatable bonds is 9. The van der Waals surface area contributed by atoms with E-state index in [2.05, 4.69) is 17.1 Å². The molecular weight excluding hydrogens is 514 g/mol. The SMILES string of the molecule is CCc1ccc(C2C(C(=O)C=Cc3ccccc3)=C(O)C(=O)N2c2nnc(SCc3ccccc3)s2)cc1. The zero-order valence-electron chi connectivity index (χ0n) is 20.7. The van der Waals surface area contributed by atoms with E-state index < -0.39 is 23.5 Å². The molecule has 1 unspecified atom stereocenters. The highest BCUT2D eigenvalue weighted by molar-refractivity contribution is 8.00. The Kier molecular flexibility index (Phi) is 7.81. The number of benzene rings is 3. The number of anilines is 1. The van der Waals surface area contributed by atoms with Gasteiger partial charge in [0.05, 0.1) is 11.6 Å². The summed E-state index contributed by atoms with van der Waals surface area (Å²) in [5.74, 6) is -0.953. The van der Waals surface area contributed by atoms with E-state index in [-0.39, 0.29) is 5.57 Å². The molecule has 1 aromatic heterocycles. The molecule has 38 heavy (non-hydrogen) atoms. The summed E-state index contributed by atoms with van der Waals surface area (Å²) in [5, 5.41) is 19.8. The van der Waals surface area contributed by atoms with Gasteiger partial charge >= 0.3 is 0 Å². The highest BCUT2D eigenvalue weighted by Crippen LogP contribution is 2.43. The molecule has 0 radical (unpaired) electrons. The van der Waals surface area contributed by atoms with Gasteiger partial charge in [0, 0.05) is 5.75 Å². The minimum Gasteiger partial charge on any atom is -0.503 e. The second-order valence-electron chi connectivity index (χ2n) is 8.67. The molecular formula is C30H25N3O3S2. The summed E-state index contributed by atoms with van der Waals surface area (Å²) in [6.07, 6.45) is 3.93. The predicted octanol–water partition coefficient (Wildman–Crippen LogP) is 6.58. The highest BCUT2D eigenvalue weighted by Gasteiger charge is 2.45. The number of amides is 1. The van der Waals surface area contributed by atoms with Gasteiger partial charge in [-0.05, 0) is 34.8 Å². The Morgan fingerprint density at radius 2 is 1.66 bits per heavy atom. The number of ketones is 1. The first-order chi connectivity index (χ1) is 18.5. The lowest BCUT2D eigenvalue weighted by molar-refractivity contribution is -0.117. The molecule has 1 aliphatic heterocycles. The number of hydrogen-bond donors (Lipinski definition) is 1. The molecule has 1 N–H and O–H groups in total. The van der Waals surface area contributed by atoms with Gasteiger partial charge in [0.1, 0.15) is 0 Å². The van der Waals surface area contributed by atoms with Gasteiger partial charge in [0.15, 0.2) is 15.9 Å². The fraction of sp³-hybridized carbons (Fsp3) is 0.133. The van der Waals surface area contributed by atoms with E-state index >= 15 is 0 Å². The largest absolute Gasteiger partial charge is 0.503 e. The third-order valence-corrected chi connectivity index (χ3v) is 8.34. The lowest BCUT2D eigenvalue weighted by Crippen LogP contribution is -2.30. The number of aliphatic hydroxyl groups excluding tert-OH is 1. The fourth-order valence-electron chi connectivity index (χ4n) is 4.21. The molecule has 0 fully saturated rings. The van der Waals surface area contributed by atoms with Crippen molar-refractivity contribution >= 4 is 46.0 Å². The van der Waals surface area contributed by atoms with E-state index in [4.69, 9.17) is 0 Å². The quantitative estimate of drug-likeness (QED) is 0.147. The van der Waals surface area contributed by atoms with E-state index in [0.29, 0.717) is 20.8 Å². The summed E-state index contributed by atoms with van der Waals surface area (Å²) in [6.45, 7) is 2.06. The van der Waals surface area contributed by atoms with Crippen LogP contribution >= 0.6 is 23.1 Å². The molecule has 3 aromatic carbocycles. The van der Waals surface area contributed by atoms with Gasteiger partial charge in [-0.15, -0.1) is 10.2 Å². The van der Waals surface area contributed by atoms with E-state index in [1.165, 1.54) is 34.1 Å². The van der Waals surface area contributed by atoms with Crippen LogP contribution in [0.3, 0.4) is 0 Å². The van der Waals surface area contributed by atoms with Crippen molar-refractivity contribution in [1.82, 2.24) is 10.2 Å². The zero-order valence-corrected chi connectivity index (χ0v) is 22.3. The highest BCUT2D eigenvalue weighted by atomic mass is 32.2. The van der Waals surface area contributed by atoms with Crippen molar-refractivity contribution in [3.8, 4) is 0 Å². The van der Waals surface area contributed by atoms with Crippen molar-refractivity contribution in [2.24, 2.45) is 0 Å². The molecule has 6 nitrogen and oxygen atoms in total. The van der Waals surface area contributed by atoms with E-state index in [9.17, 15) is 14.7 Å². The Morgan fingerprint density at radius 3 is 2.34 bits per heavy atom. The van der Waals surface area contributed by atoms with Gasteiger partial charge in [0.2, 0.25) is 5.13 Å². The Hall–Kier alpha value is -4.01. The minimum atomic E-state index is -0.818. The van der Waals surface area contributed by atoms with Crippen LogP contribution in [-0.2, 0) is 21.8 Å². The second kappa shape index (κ2) is 11.6. The summed E-state index contributed by atoms with van der Waals surface area (Å²) in [4.78, 5) is 28.1. The first kappa shape index (κ1) is 25.6. The number of carbonyl (C=O) groups excluding carboxylic acids is 2. The maximum Gasteiger partial charge on any atom is 0.296 e. The van der Waals surface area contributed by atoms with Crippen LogP contribution in [0.15, 0.2) is 107 Å². The minimum absolute atomic E-state index is 0.0279. The number of nitrogens with zero attached hydrogens (tertiary/aromatic N) is 3. The lowest BCUT2D eigenvalue weighted by atomic mass is 9.95. The third-order valence-electron chi connectivity index (χ3n) is 6.21. The van der Waals surface area contributed by atoms with Crippen LogP contribution < -0.4 is 4.90 Å². The first-order valence-corrected chi connectivity index (χ1v) is 14.0. The van der Waals surface area contributed by atoms with Crippen LogP contribution in [0.5, 0.6) is 0 Å². The van der Waals surface area contributed by atoms with Crippen LogP contribution in [-0.4, -0.2) is 27.0 Å². The normalized spacial score (nSPS) is 15.6. The molecule has 0 bridgehead atoms. The van der Waals surface area contributed by atoms with Gasteiger partial charge in [-0.3, -0.25) is 14.5 Å². The number of carbonyl (C=O) groups is 2. The van der Waals surface area contributed by atoms with Crippen LogP contribution in [0, 0.1) is 0 Å². The van der Waals surface area contributed by atoms with Crippen LogP contribution in [0.25, 0.3) is 6.08 Å². The molecule has 1 aliphatic rings. The van der Waals surface area contributed by atoms with Crippen LogP contribution in [0.4, 0.5) is 5.13 Å². The molecule has 2 heterocycles. The van der Waals surface area contributed by atoms with Crippen molar-refractivity contribution < 1.29 is 14.7 Å². The topological polar surface area (TPSA) is 83.4 Å². The monoisotopic (exact) mass is 539 g/mol. The van der Waals surface area contributed by atoms with E-state index in [0.717, 1.165) is 23.1 Å². The molecule has 0 saturated carbocycles. The number of aliphatic hydroxyl groups is 1. The van der Waals surface area contributed by atoms with E-state index in [1.54, 1.807) is 6.08 Å². The molecule has 0 aliphatic carbocycles. The first-order valence-electron chi connectivity index (χ1n) is 12.2. The van der Waals surface area contributed by atoms with Crippen molar-refractivity contribution in [2.45, 2.75) is 29.5 Å². The van der Waals surface area contributed by atoms with Crippen molar-refractivity contribution in [2.75, 3.05) is 4.90 Å². The van der Waals surface area contributed by atoms with Crippen molar-refractivity contribution in [1.29, 1.82) is 0 Å². The standard InChI is InChI=1S/C30H25N3O3S2/c1-2-20-13-16-23(17-14-20)26-25(24(34)18-15-21-9-5-3-6-10-21)27(35)28(36)33(26)29-31-32-30(38-29)37-19-22-11-7-4-8-12-22/h3-18,26,35H,2,19H2,1H3. The van der Waals surface area contributed by atoms with Gasteiger partial charge < -0.3 is 5.11 Å². The predicted molar refractivity (Wildman–Crippen MR) is 152 cm³/mol. The van der Waals surface area contributed by atoms with Gasteiger partial charge in [-0.2, -0.15) is 0 Å². The third kappa shape index (κ3) is 5.46. The second-order valence-corrected chi connectivity index (χ2v) is 10.8. The summed E-state index contributed by atoms with van der Waals surface area (Å²) >= 11 is 2.79. The Morgan fingerprint density at radius 1 is 0.974 bits per heavy atom. The number of aryl methyl sites for hydroxylation is 1. The summed E-state index contributed by atoms with van der Waals surface area (Å²) in [7, 11) is 0. The van der Waals surface area contributed by atoms with Gasteiger partial charge in [-0.1, -0.05) is 121 Å². The number of allylic oxidation sites excluding steroid dienone is 1. The van der Waals surface area contributed by atoms with Gasteiger partial charge in [-0.25, -0.2) is 0 Å². The average Bonchev–Trinajstić information content (AvgIpc) is 3.53. The molecule has 8 heteroatoms. The zero-order chi connectivity index (χ0) is 26.5. The fourth-order valence-corrected chi connectivity index (χ4v) is 6.03. The molecule has 190 valence electrons. The molecule has 5 rings (SSSR count). The molecule has 0 saturated heterocycles. The summed E-state index contributed by atoms with van der Waals surface area (Å²) < 4.78 is 0.694. The van der Waals surface area contributed by atoms with Crippen LogP contribution in [0.1, 0.15) is 35.2 Å². The van der Waals surface area contributed by atoms with E-state index in [1.807, 2.05) is 84.9 Å². The average molecular weight is 540 g/mol. The summed E-state index contributed by atoms with van der Waals surface area (Å²) in [6, 6.07) is 26.3.